The van der Waals surface area contributed by atoms with Crippen molar-refractivity contribution < 1.29 is 124 Å². The van der Waals surface area contributed by atoms with Crippen molar-refractivity contribution in [1.29, 1.82) is 0 Å². The van der Waals surface area contributed by atoms with E-state index in [0.717, 1.165) is 4.90 Å². The number of aliphatic imine (C=N–C) groups is 2. The van der Waals surface area contributed by atoms with Crippen LogP contribution in [0.4, 0.5) is 0 Å². The summed E-state index contributed by atoms with van der Waals surface area (Å²) in [6.07, 6.45) is -31.8. The molecule has 6 amide bonds. The molecule has 2 aromatic carbocycles. The number of carbonyl (C=O) groups is 6. The minimum atomic E-state index is -2.35. The maximum absolute atomic E-state index is 15.3. The average Bonchev–Trinajstić information content (AvgIpc) is 1.77. The smallest absolute Gasteiger partial charge is 0.246 e. The summed E-state index contributed by atoms with van der Waals surface area (Å²) in [5, 5.41) is 168. The van der Waals surface area contributed by atoms with Gasteiger partial charge in [-0.25, -0.2) is 0 Å². The van der Waals surface area contributed by atoms with Crippen molar-refractivity contribution in [2.45, 2.75) is 166 Å². The van der Waals surface area contributed by atoms with Crippen LogP contribution in [0.5, 0.6) is 5.75 Å². The predicted molar refractivity (Wildman–Crippen MR) is 329 cm³/mol. The van der Waals surface area contributed by atoms with Crippen LogP contribution in [0.2, 0.25) is 0 Å². The van der Waals surface area contributed by atoms with E-state index in [-0.39, 0.29) is 31.0 Å². The van der Waals surface area contributed by atoms with Crippen LogP contribution in [-0.2, 0) is 54.1 Å². The first kappa shape index (κ1) is 73.2. The third-order valence-corrected chi connectivity index (χ3v) is 18.2. The number of hydrogen-bond acceptors (Lipinski definition) is 31. The summed E-state index contributed by atoms with van der Waals surface area (Å²) in [5.41, 5.74) is 12.9. The molecule has 0 aliphatic carbocycles. The van der Waals surface area contributed by atoms with E-state index in [1.807, 2.05) is 45.2 Å². The van der Waals surface area contributed by atoms with Gasteiger partial charge in [-0.3, -0.25) is 38.8 Å². The zero-order chi connectivity index (χ0) is 68.0. The molecule has 516 valence electrons. The fraction of sp³-hybridized carbons (Fsp3) is 0.630. The Morgan fingerprint density at radius 3 is 1.77 bits per heavy atom. The molecule has 4 saturated heterocycles. The van der Waals surface area contributed by atoms with Crippen LogP contribution >= 0.6 is 45.2 Å². The molecule has 5 unspecified atom stereocenters. The van der Waals surface area contributed by atoms with Crippen LogP contribution in [0.25, 0.3) is 0 Å². The molecule has 93 heavy (non-hydrogen) atoms. The summed E-state index contributed by atoms with van der Waals surface area (Å²) in [6, 6.07) is -1.66. The number of halogens is 2. The molecule has 6 aliphatic rings. The Kier molecular flexibility index (Phi) is 25.1. The molecule has 8 rings (SSSR count). The molecule has 37 nitrogen and oxygen atoms in total. The lowest BCUT2D eigenvalue weighted by molar-refractivity contribution is -0.352. The topological polar surface area (TPSA) is 596 Å². The standard InChI is InChI=1S/C54H76I2N12O25/c1-17(19-5-3-2-4-6-19)30-47(86)62-22(9-18-7-20(55)43(21(56)8-18)92-52-42(83)39(80)44(28(16-72)91-52)93-51-41(82)38(79)36(77)27(15-71)90-51)46(85)66-31(33(74)23-10-60-53(57)64-23)49(88)67-32(48(87)63-24(13-69)45(84)59-12-29(73)65-30)34(75)25-11-61-54(58)68(25)50-40(81)37(78)35(76)26(14-70)89-50/h2-8,17,22-28,30-42,44,50-52,69-72,74-83H,9-16H2,1H3,(H2,58,61)(H,59,84)(H,62,86)(H,63,87)(H,65,73)(H,66,85)(H,67,88)(H3,57,60,64)/t17?,22-,23?,24+,25?,26-,27-,28-,30+,31+,32-,33?,34?,35-,36-,37+,38+,39-,40+,41+,42+,44-,50+,51-,52-/m1/s1. The Morgan fingerprint density at radius 1 is 0.602 bits per heavy atom. The number of nitrogens with zero attached hydrogens (tertiary/aromatic N) is 3. The van der Waals surface area contributed by atoms with Crippen molar-refractivity contribution in [3.8, 4) is 5.75 Å². The summed E-state index contributed by atoms with van der Waals surface area (Å²) in [5.74, 6) is -8.95. The number of rotatable bonds is 17. The van der Waals surface area contributed by atoms with Crippen molar-refractivity contribution in [3.63, 3.8) is 0 Å². The Bertz CT molecular complexity index is 3020. The highest BCUT2D eigenvalue weighted by atomic mass is 127. The monoisotopic (exact) mass is 1550 g/mol. The lowest BCUT2D eigenvalue weighted by Crippen LogP contribution is -2.70. The molecule has 0 bridgehead atoms. The lowest BCUT2D eigenvalue weighted by Gasteiger charge is -2.46. The summed E-state index contributed by atoms with van der Waals surface area (Å²) in [4.78, 5) is 96.6. The summed E-state index contributed by atoms with van der Waals surface area (Å²) in [6.45, 7) is -3.99. The van der Waals surface area contributed by atoms with Gasteiger partial charge in [0.05, 0.1) is 65.3 Å². The maximum Gasteiger partial charge on any atom is 0.246 e. The Morgan fingerprint density at radius 2 is 1.16 bits per heavy atom. The fourth-order valence-electron chi connectivity index (χ4n) is 11.3. The quantitative estimate of drug-likeness (QED) is 0.0654. The summed E-state index contributed by atoms with van der Waals surface area (Å²) in [7, 11) is 0. The lowest BCUT2D eigenvalue weighted by atomic mass is 9.92. The normalized spacial score (nSPS) is 37.0. The number of amides is 6. The third kappa shape index (κ3) is 16.4. The number of ether oxygens (including phenoxy) is 5. The number of benzene rings is 2. The van der Waals surface area contributed by atoms with Crippen LogP contribution in [-0.4, -0.2) is 316 Å². The number of nitrogens with two attached hydrogens (primary N) is 2. The number of guanidine groups is 2. The van der Waals surface area contributed by atoms with E-state index in [0.29, 0.717) is 5.56 Å². The average molecular weight is 1550 g/mol. The largest absolute Gasteiger partial charge is 0.460 e. The second kappa shape index (κ2) is 31.9. The second-order valence-corrected chi connectivity index (χ2v) is 25.1. The van der Waals surface area contributed by atoms with E-state index in [4.69, 9.17) is 35.2 Å². The minimum Gasteiger partial charge on any atom is -0.460 e. The molecule has 0 spiro atoms. The molecule has 6 aliphatic heterocycles. The van der Waals surface area contributed by atoms with Gasteiger partial charge in [0.25, 0.3) is 0 Å². The van der Waals surface area contributed by atoms with Crippen molar-refractivity contribution >= 4 is 92.5 Å². The van der Waals surface area contributed by atoms with E-state index in [9.17, 15) is 90.7 Å². The molecule has 25 atom stereocenters. The van der Waals surface area contributed by atoms with Gasteiger partial charge in [0.1, 0.15) is 121 Å². The highest BCUT2D eigenvalue weighted by Gasteiger charge is 2.54. The van der Waals surface area contributed by atoms with Crippen molar-refractivity contribution in [3.05, 3.63) is 60.7 Å². The van der Waals surface area contributed by atoms with Gasteiger partial charge in [-0.2, -0.15) is 0 Å². The van der Waals surface area contributed by atoms with Crippen molar-refractivity contribution in [1.82, 2.24) is 42.1 Å². The Labute approximate surface area is 555 Å². The van der Waals surface area contributed by atoms with Crippen LogP contribution in [0, 0.1) is 7.14 Å². The van der Waals surface area contributed by atoms with Crippen molar-refractivity contribution in [2.75, 3.05) is 46.1 Å². The Hall–Kier alpha value is -5.66. The van der Waals surface area contributed by atoms with Crippen LogP contribution in [0.3, 0.4) is 0 Å². The zero-order valence-electron chi connectivity index (χ0n) is 49.1. The molecular formula is C54H76I2N12O25. The highest BCUT2D eigenvalue weighted by molar-refractivity contribution is 14.1. The fourth-order valence-corrected chi connectivity index (χ4v) is 13.5. The molecule has 0 aromatic heterocycles. The number of aliphatic hydroxyl groups excluding tert-OH is 14. The molecule has 39 heteroatoms. The van der Waals surface area contributed by atoms with E-state index < -0.39 is 240 Å². The molecule has 4 fully saturated rings. The molecule has 0 saturated carbocycles. The molecular weight excluding hydrogens is 1470 g/mol. The van der Waals surface area contributed by atoms with Crippen LogP contribution < -0.4 is 53.4 Å². The zero-order valence-corrected chi connectivity index (χ0v) is 53.5. The number of aliphatic hydroxyl groups is 14. The van der Waals surface area contributed by atoms with Gasteiger partial charge in [0.2, 0.25) is 41.7 Å². The van der Waals surface area contributed by atoms with Gasteiger partial charge in [-0.1, -0.05) is 37.3 Å². The van der Waals surface area contributed by atoms with E-state index in [1.165, 1.54) is 12.1 Å². The highest BCUT2D eigenvalue weighted by Crippen LogP contribution is 2.36. The summed E-state index contributed by atoms with van der Waals surface area (Å²) < 4.78 is 29.2. The first-order valence-electron chi connectivity index (χ1n) is 29.1. The van der Waals surface area contributed by atoms with Gasteiger partial charge in [0.15, 0.2) is 24.4 Å². The van der Waals surface area contributed by atoms with E-state index in [1.54, 1.807) is 37.3 Å². The van der Waals surface area contributed by atoms with Crippen LogP contribution in [0.15, 0.2) is 52.4 Å². The first-order valence-corrected chi connectivity index (χ1v) is 31.3. The van der Waals surface area contributed by atoms with Gasteiger partial charge < -0.3 is 149 Å². The molecule has 0 radical (unpaired) electrons. The van der Waals surface area contributed by atoms with Gasteiger partial charge >= 0.3 is 0 Å². The second-order valence-electron chi connectivity index (χ2n) is 22.8. The number of nitrogens with one attached hydrogen (secondary N) is 7. The van der Waals surface area contributed by atoms with Gasteiger partial charge in [0, 0.05) is 12.3 Å². The Balaban J connectivity index is 1.13. The molecule has 2 aromatic rings. The van der Waals surface area contributed by atoms with E-state index in [2.05, 4.69) is 47.2 Å². The number of carbonyl (C=O) groups excluding carboxylic acids is 6. The summed E-state index contributed by atoms with van der Waals surface area (Å²) >= 11 is 3.65. The molecule has 6 heterocycles. The van der Waals surface area contributed by atoms with E-state index >= 15 is 9.59 Å². The van der Waals surface area contributed by atoms with Crippen LogP contribution in [0.1, 0.15) is 24.0 Å². The minimum absolute atomic E-state index is 0.00870. The van der Waals surface area contributed by atoms with Gasteiger partial charge in [-0.15, -0.1) is 0 Å². The van der Waals surface area contributed by atoms with Gasteiger partial charge in [-0.05, 0) is 68.4 Å². The predicted octanol–water partition coefficient (Wildman–Crippen LogP) is -12.4. The third-order valence-electron chi connectivity index (χ3n) is 16.6. The molecule has 25 N–H and O–H groups in total. The first-order chi connectivity index (χ1) is 44.1. The van der Waals surface area contributed by atoms with Crippen molar-refractivity contribution in [2.24, 2.45) is 21.5 Å². The maximum atomic E-state index is 15.3. The number of hydrogen-bond donors (Lipinski definition) is 23. The SMILES string of the molecule is CC(c1ccccc1)[C@@H]1NC(=O)CNC(=O)[C@H](CO)NC(=O)[C@@H](C(O)C2CN=C(N)N2[C@H]2O[C@H](CO)[C@@H](O)[C@H](O)[C@@H]2O)NC(=O)[C@H](C(O)C2CN=C(N)N2)NC(=O)[C@@H](Cc2cc(I)c(O[C@H]3O[C@H](CO)[C@@H](O[C@H]4O[C@H](CO)[C@@H](O)[C@H](O)[C@@H]4O)[C@H](O)[C@@H]3O)c(I)c2)NC1=O.